The van der Waals surface area contributed by atoms with Crippen molar-refractivity contribution in [3.8, 4) is 0 Å². The first-order chi connectivity index (χ1) is 6.25. The van der Waals surface area contributed by atoms with Crippen molar-refractivity contribution in [1.82, 2.24) is 4.31 Å². The van der Waals surface area contributed by atoms with Crippen LogP contribution < -0.4 is 0 Å². The molecule has 1 aliphatic heterocycles. The van der Waals surface area contributed by atoms with E-state index in [2.05, 4.69) is 6.92 Å². The van der Waals surface area contributed by atoms with E-state index in [0.29, 0.717) is 19.8 Å². The highest BCUT2D eigenvalue weighted by molar-refractivity contribution is 7.76. The largest absolute Gasteiger partial charge is 0.378 e. The summed E-state index contributed by atoms with van der Waals surface area (Å²) in [4.78, 5) is 0. The van der Waals surface area contributed by atoms with Gasteiger partial charge in [0, 0.05) is 12.6 Å². The van der Waals surface area contributed by atoms with Gasteiger partial charge in [0.15, 0.2) is 0 Å². The van der Waals surface area contributed by atoms with Gasteiger partial charge in [-0.1, -0.05) is 19.8 Å². The van der Waals surface area contributed by atoms with Crippen LogP contribution in [0, 0.1) is 0 Å². The maximum atomic E-state index is 10.9. The van der Waals surface area contributed by atoms with Gasteiger partial charge in [-0.3, -0.25) is 4.55 Å². The van der Waals surface area contributed by atoms with Crippen molar-refractivity contribution < 1.29 is 13.5 Å². The third-order valence-electron chi connectivity index (χ3n) is 2.27. The van der Waals surface area contributed by atoms with Crippen LogP contribution in [0.25, 0.3) is 0 Å². The molecule has 0 bridgehead atoms. The lowest BCUT2D eigenvalue weighted by atomic mass is 10.1. The Kier molecular flexibility index (Phi) is 4.87. The van der Waals surface area contributed by atoms with E-state index < -0.39 is 11.3 Å². The van der Waals surface area contributed by atoms with Crippen LogP contribution in [0.5, 0.6) is 0 Å². The molecule has 0 amide bonds. The topological polar surface area (TPSA) is 49.8 Å². The molecule has 5 heteroatoms. The SMILES string of the molecule is CCCCC1COCCN1S(=O)O. The summed E-state index contributed by atoms with van der Waals surface area (Å²) in [7, 11) is 0. The molecule has 0 radical (unpaired) electrons. The average Bonchev–Trinajstić information content (AvgIpc) is 2.15. The predicted octanol–water partition coefficient (Wildman–Crippen LogP) is 1.01. The normalized spacial score (nSPS) is 27.4. The minimum atomic E-state index is -1.83. The van der Waals surface area contributed by atoms with Gasteiger partial charge in [0.05, 0.1) is 13.2 Å². The Morgan fingerprint density at radius 3 is 3.08 bits per heavy atom. The summed E-state index contributed by atoms with van der Waals surface area (Å²) in [6.45, 7) is 3.84. The quantitative estimate of drug-likeness (QED) is 0.700. The first kappa shape index (κ1) is 11.1. The second kappa shape index (κ2) is 5.70. The lowest BCUT2D eigenvalue weighted by Crippen LogP contribution is -2.45. The monoisotopic (exact) mass is 207 g/mol. The fourth-order valence-electron chi connectivity index (χ4n) is 1.51. The maximum absolute atomic E-state index is 10.9. The average molecular weight is 207 g/mol. The van der Waals surface area contributed by atoms with Gasteiger partial charge in [-0.25, -0.2) is 4.21 Å². The van der Waals surface area contributed by atoms with Crippen molar-refractivity contribution >= 4 is 11.3 Å². The number of unbranched alkanes of at least 4 members (excludes halogenated alkanes) is 1. The minimum Gasteiger partial charge on any atom is -0.378 e. The number of morpholine rings is 1. The van der Waals surface area contributed by atoms with Gasteiger partial charge < -0.3 is 4.74 Å². The molecule has 1 saturated heterocycles. The van der Waals surface area contributed by atoms with Gasteiger partial charge in [0.2, 0.25) is 11.3 Å². The molecular formula is C8H17NO3S. The number of rotatable bonds is 4. The van der Waals surface area contributed by atoms with E-state index in [1.54, 1.807) is 4.31 Å². The molecule has 78 valence electrons. The third-order valence-corrected chi connectivity index (χ3v) is 3.15. The van der Waals surface area contributed by atoms with Crippen LogP contribution in [0.3, 0.4) is 0 Å². The molecule has 2 unspecified atom stereocenters. The zero-order valence-corrected chi connectivity index (χ0v) is 8.76. The summed E-state index contributed by atoms with van der Waals surface area (Å²) in [5.41, 5.74) is 0. The standard InChI is InChI=1S/C8H17NO3S/c1-2-3-4-8-7-12-6-5-9(8)13(10)11/h8H,2-7H2,1H3,(H,10,11). The van der Waals surface area contributed by atoms with Crippen LogP contribution >= 0.6 is 0 Å². The number of nitrogens with zero attached hydrogens (tertiary/aromatic N) is 1. The highest BCUT2D eigenvalue weighted by Gasteiger charge is 2.25. The molecule has 0 aromatic rings. The van der Waals surface area contributed by atoms with Gasteiger partial charge >= 0.3 is 0 Å². The lowest BCUT2D eigenvalue weighted by Gasteiger charge is -2.32. The van der Waals surface area contributed by atoms with Crippen molar-refractivity contribution in [1.29, 1.82) is 0 Å². The molecule has 2 atom stereocenters. The number of ether oxygens (including phenoxy) is 1. The molecule has 0 aromatic carbocycles. The summed E-state index contributed by atoms with van der Waals surface area (Å²) >= 11 is -1.83. The minimum absolute atomic E-state index is 0.125. The summed E-state index contributed by atoms with van der Waals surface area (Å²) in [6, 6.07) is 0.125. The van der Waals surface area contributed by atoms with Gasteiger partial charge in [-0.05, 0) is 6.42 Å². The summed E-state index contributed by atoms with van der Waals surface area (Å²) in [6.07, 6.45) is 3.15. The van der Waals surface area contributed by atoms with Gasteiger partial charge in [-0.2, -0.15) is 4.31 Å². The van der Waals surface area contributed by atoms with Gasteiger partial charge in [0.1, 0.15) is 0 Å². The molecule has 1 rings (SSSR count). The Morgan fingerprint density at radius 2 is 2.46 bits per heavy atom. The Balaban J connectivity index is 2.41. The van der Waals surface area contributed by atoms with Crippen LogP contribution in [0.1, 0.15) is 26.2 Å². The molecule has 13 heavy (non-hydrogen) atoms. The van der Waals surface area contributed by atoms with Gasteiger partial charge in [0.25, 0.3) is 0 Å². The Labute approximate surface area is 81.7 Å². The zero-order chi connectivity index (χ0) is 9.68. The predicted molar refractivity (Wildman–Crippen MR) is 51.6 cm³/mol. The highest BCUT2D eigenvalue weighted by Crippen LogP contribution is 2.14. The van der Waals surface area contributed by atoms with E-state index in [4.69, 9.17) is 9.29 Å². The molecule has 0 spiro atoms. The molecule has 1 N–H and O–H groups in total. The Morgan fingerprint density at radius 1 is 1.69 bits per heavy atom. The van der Waals surface area contributed by atoms with Crippen LogP contribution in [0.15, 0.2) is 0 Å². The van der Waals surface area contributed by atoms with E-state index in [9.17, 15) is 4.21 Å². The van der Waals surface area contributed by atoms with Crippen molar-refractivity contribution in [2.45, 2.75) is 32.2 Å². The van der Waals surface area contributed by atoms with Crippen molar-refractivity contribution in [3.05, 3.63) is 0 Å². The van der Waals surface area contributed by atoms with E-state index in [1.165, 1.54) is 0 Å². The highest BCUT2D eigenvalue weighted by atomic mass is 32.2. The van der Waals surface area contributed by atoms with Crippen molar-refractivity contribution in [3.63, 3.8) is 0 Å². The van der Waals surface area contributed by atoms with E-state index in [-0.39, 0.29) is 6.04 Å². The van der Waals surface area contributed by atoms with E-state index >= 15 is 0 Å². The molecule has 4 nitrogen and oxygen atoms in total. The molecular weight excluding hydrogens is 190 g/mol. The van der Waals surface area contributed by atoms with Crippen LogP contribution in [-0.4, -0.2) is 38.9 Å². The summed E-state index contributed by atoms with van der Waals surface area (Å²) in [5, 5.41) is 0. The van der Waals surface area contributed by atoms with Gasteiger partial charge in [-0.15, -0.1) is 0 Å². The molecule has 1 heterocycles. The lowest BCUT2D eigenvalue weighted by molar-refractivity contribution is 0.0284. The second-order valence-corrected chi connectivity index (χ2v) is 4.17. The first-order valence-corrected chi connectivity index (χ1v) is 5.77. The zero-order valence-electron chi connectivity index (χ0n) is 7.94. The molecule has 0 aliphatic carbocycles. The fraction of sp³-hybridized carbons (Fsp3) is 1.00. The van der Waals surface area contributed by atoms with Crippen molar-refractivity contribution in [2.24, 2.45) is 0 Å². The Hall–Kier alpha value is 0.0300. The van der Waals surface area contributed by atoms with Crippen LogP contribution in [0.2, 0.25) is 0 Å². The summed E-state index contributed by atoms with van der Waals surface area (Å²) in [5.74, 6) is 0. The van der Waals surface area contributed by atoms with Crippen LogP contribution in [0.4, 0.5) is 0 Å². The number of hydrogen-bond acceptors (Lipinski definition) is 2. The fourth-order valence-corrected chi connectivity index (χ4v) is 2.16. The van der Waals surface area contributed by atoms with E-state index in [1.807, 2.05) is 0 Å². The Bertz CT molecular complexity index is 177. The third kappa shape index (κ3) is 3.34. The van der Waals surface area contributed by atoms with Crippen LogP contribution in [-0.2, 0) is 16.0 Å². The molecule has 0 aromatic heterocycles. The summed E-state index contributed by atoms with van der Waals surface area (Å²) < 4.78 is 26.8. The molecule has 1 aliphatic rings. The first-order valence-electron chi connectivity index (χ1n) is 4.71. The smallest absolute Gasteiger partial charge is 0.234 e. The second-order valence-electron chi connectivity index (χ2n) is 3.24. The van der Waals surface area contributed by atoms with E-state index in [0.717, 1.165) is 19.3 Å². The number of hydrogen-bond donors (Lipinski definition) is 1. The van der Waals surface area contributed by atoms with Crippen molar-refractivity contribution in [2.75, 3.05) is 19.8 Å². The molecule has 1 fully saturated rings. The molecule has 0 saturated carbocycles. The maximum Gasteiger partial charge on any atom is 0.234 e.